The molecule has 1 aliphatic heterocycles. The van der Waals surface area contributed by atoms with E-state index in [1.165, 1.54) is 60.7 Å². The molecule has 2 aromatic rings. The molecule has 1 heterocycles. The second-order valence-corrected chi connectivity index (χ2v) is 8.47. The summed E-state index contributed by atoms with van der Waals surface area (Å²) >= 11 is 0. The maximum Gasteiger partial charge on any atom is 0.270 e. The van der Waals surface area contributed by atoms with E-state index in [-0.39, 0.29) is 22.5 Å². The SMILES string of the molecule is O=C1/C(=C/c2cccc([N+](=O)[O-])c2)CS(=O)(=O)C/C1=C\c1cccc([N+](=O)[O-])c1. The largest absolute Gasteiger partial charge is 0.289 e. The number of non-ortho nitro benzene ring substituents is 2. The van der Waals surface area contributed by atoms with Crippen LogP contribution in [0.1, 0.15) is 11.1 Å². The molecule has 0 amide bonds. The second kappa shape index (κ2) is 7.76. The first-order valence-corrected chi connectivity index (χ1v) is 10.1. The number of Topliss-reactive ketones (excluding diaryl/α,β-unsaturated/α-hetero) is 1. The summed E-state index contributed by atoms with van der Waals surface area (Å²) in [7, 11) is -3.63. The predicted molar refractivity (Wildman–Crippen MR) is 106 cm³/mol. The molecular weight excluding hydrogens is 400 g/mol. The van der Waals surface area contributed by atoms with Crippen molar-refractivity contribution in [1.29, 1.82) is 0 Å². The van der Waals surface area contributed by atoms with Gasteiger partial charge in [-0.1, -0.05) is 24.3 Å². The van der Waals surface area contributed by atoms with E-state index < -0.39 is 37.0 Å². The van der Waals surface area contributed by atoms with E-state index in [1.54, 1.807) is 0 Å². The Labute approximate surface area is 165 Å². The zero-order chi connectivity index (χ0) is 21.2. The Bertz CT molecular complexity index is 1110. The summed E-state index contributed by atoms with van der Waals surface area (Å²) in [5, 5.41) is 21.8. The van der Waals surface area contributed by atoms with Gasteiger partial charge >= 0.3 is 0 Å². The normalized spacial score (nSPS) is 18.7. The van der Waals surface area contributed by atoms with Crippen LogP contribution < -0.4 is 0 Å². The Hall–Kier alpha value is -3.66. The highest BCUT2D eigenvalue weighted by atomic mass is 32.2. The van der Waals surface area contributed by atoms with E-state index in [4.69, 9.17) is 0 Å². The van der Waals surface area contributed by atoms with Gasteiger partial charge in [-0.2, -0.15) is 0 Å². The van der Waals surface area contributed by atoms with Crippen LogP contribution in [0.2, 0.25) is 0 Å². The maximum absolute atomic E-state index is 12.8. The lowest BCUT2D eigenvalue weighted by atomic mass is 10.0. The lowest BCUT2D eigenvalue weighted by Crippen LogP contribution is -2.28. The fourth-order valence-corrected chi connectivity index (χ4v) is 4.41. The smallest absolute Gasteiger partial charge is 0.270 e. The Kier molecular flexibility index (Phi) is 5.37. The van der Waals surface area contributed by atoms with Crippen LogP contribution in [0.4, 0.5) is 11.4 Å². The molecule has 0 aliphatic carbocycles. The number of hydrogen-bond acceptors (Lipinski definition) is 7. The molecule has 0 bridgehead atoms. The van der Waals surface area contributed by atoms with Crippen molar-refractivity contribution in [3.05, 3.63) is 91.0 Å². The summed E-state index contributed by atoms with van der Waals surface area (Å²) < 4.78 is 24.6. The van der Waals surface area contributed by atoms with Crippen LogP contribution >= 0.6 is 0 Å². The zero-order valence-electron chi connectivity index (χ0n) is 14.8. The van der Waals surface area contributed by atoms with Crippen LogP contribution in [0, 0.1) is 20.2 Å². The van der Waals surface area contributed by atoms with Crippen LogP contribution in [-0.2, 0) is 14.6 Å². The number of nitrogens with zero attached hydrogens (tertiary/aromatic N) is 2. The molecule has 1 fully saturated rings. The highest BCUT2D eigenvalue weighted by Crippen LogP contribution is 2.25. The number of ketones is 1. The van der Waals surface area contributed by atoms with Crippen molar-refractivity contribution >= 4 is 39.1 Å². The van der Waals surface area contributed by atoms with Gasteiger partial charge in [-0.25, -0.2) is 8.42 Å². The summed E-state index contributed by atoms with van der Waals surface area (Å²) in [6, 6.07) is 11.0. The third-order valence-electron chi connectivity index (χ3n) is 4.18. The van der Waals surface area contributed by atoms with Gasteiger partial charge in [0.2, 0.25) is 0 Å². The lowest BCUT2D eigenvalue weighted by molar-refractivity contribution is -0.385. The maximum atomic E-state index is 12.8. The van der Waals surface area contributed by atoms with Gasteiger partial charge < -0.3 is 0 Å². The standard InChI is InChI=1S/C19H14N2O7S/c22-19-15(7-13-3-1-5-17(9-13)20(23)24)11-29(27,28)12-16(19)8-14-4-2-6-18(10-14)21(25)26/h1-10H,11-12H2/b15-7+,16-8+. The van der Waals surface area contributed by atoms with Gasteiger partial charge in [-0.3, -0.25) is 25.0 Å². The molecule has 29 heavy (non-hydrogen) atoms. The fourth-order valence-electron chi connectivity index (χ4n) is 2.94. The highest BCUT2D eigenvalue weighted by molar-refractivity contribution is 7.92. The lowest BCUT2D eigenvalue weighted by Gasteiger charge is -2.17. The number of nitro benzene ring substituents is 2. The predicted octanol–water partition coefficient (Wildman–Crippen LogP) is 2.97. The third kappa shape index (κ3) is 4.79. The number of carbonyl (C=O) groups is 1. The minimum atomic E-state index is -3.63. The Balaban J connectivity index is 2.02. The van der Waals surface area contributed by atoms with Gasteiger partial charge in [0.1, 0.15) is 0 Å². The van der Waals surface area contributed by atoms with Crippen molar-refractivity contribution < 1.29 is 23.1 Å². The van der Waals surface area contributed by atoms with Crippen LogP contribution in [0.15, 0.2) is 59.7 Å². The minimum absolute atomic E-state index is 0.0200. The van der Waals surface area contributed by atoms with Gasteiger partial charge in [-0.15, -0.1) is 0 Å². The number of hydrogen-bond donors (Lipinski definition) is 0. The highest BCUT2D eigenvalue weighted by Gasteiger charge is 2.30. The number of carbonyl (C=O) groups excluding carboxylic acids is 1. The molecule has 0 aromatic heterocycles. The summed E-state index contributed by atoms with van der Waals surface area (Å²) in [6.07, 6.45) is 2.63. The Morgan fingerprint density at radius 1 is 0.793 bits per heavy atom. The molecule has 0 unspecified atom stereocenters. The van der Waals surface area contributed by atoms with Crippen molar-refractivity contribution in [2.75, 3.05) is 11.5 Å². The van der Waals surface area contributed by atoms with E-state index in [2.05, 4.69) is 0 Å². The van der Waals surface area contributed by atoms with Crippen molar-refractivity contribution in [3.8, 4) is 0 Å². The molecule has 3 rings (SSSR count). The summed E-state index contributed by atoms with van der Waals surface area (Å²) in [5.41, 5.74) is 0.251. The number of sulfone groups is 1. The average Bonchev–Trinajstić information content (AvgIpc) is 2.65. The Morgan fingerprint density at radius 3 is 1.59 bits per heavy atom. The third-order valence-corrected chi connectivity index (χ3v) is 5.68. The molecule has 0 atom stereocenters. The number of nitro groups is 2. The first kappa shape index (κ1) is 20.1. The molecular formula is C19H14N2O7S. The van der Waals surface area contributed by atoms with Crippen molar-refractivity contribution in [1.82, 2.24) is 0 Å². The van der Waals surface area contributed by atoms with Gasteiger partial charge in [-0.05, 0) is 23.3 Å². The topological polar surface area (TPSA) is 137 Å². The molecule has 2 aromatic carbocycles. The number of rotatable bonds is 4. The molecule has 0 N–H and O–H groups in total. The Morgan fingerprint density at radius 2 is 1.21 bits per heavy atom. The zero-order valence-corrected chi connectivity index (χ0v) is 15.7. The van der Waals surface area contributed by atoms with Crippen LogP contribution in [0.5, 0.6) is 0 Å². The molecule has 1 aliphatic rings. The van der Waals surface area contributed by atoms with Gasteiger partial charge in [0.25, 0.3) is 11.4 Å². The molecule has 0 spiro atoms. The summed E-state index contributed by atoms with van der Waals surface area (Å²) in [4.78, 5) is 33.4. The van der Waals surface area contributed by atoms with Gasteiger partial charge in [0, 0.05) is 35.4 Å². The van der Waals surface area contributed by atoms with Gasteiger partial charge in [0.15, 0.2) is 15.6 Å². The van der Waals surface area contributed by atoms with Crippen molar-refractivity contribution in [2.45, 2.75) is 0 Å². The molecule has 0 saturated carbocycles. The second-order valence-electron chi connectivity index (χ2n) is 6.40. The quantitative estimate of drug-likeness (QED) is 0.426. The van der Waals surface area contributed by atoms with E-state index >= 15 is 0 Å². The molecule has 148 valence electrons. The summed E-state index contributed by atoms with van der Waals surface area (Å²) in [5.74, 6) is -1.49. The minimum Gasteiger partial charge on any atom is -0.289 e. The molecule has 9 nitrogen and oxygen atoms in total. The molecule has 1 saturated heterocycles. The fraction of sp³-hybridized carbons (Fsp3) is 0.105. The first-order valence-electron chi connectivity index (χ1n) is 8.30. The van der Waals surface area contributed by atoms with E-state index in [1.807, 2.05) is 0 Å². The average molecular weight is 414 g/mol. The van der Waals surface area contributed by atoms with E-state index in [9.17, 15) is 33.4 Å². The van der Waals surface area contributed by atoms with E-state index in [0.29, 0.717) is 11.1 Å². The van der Waals surface area contributed by atoms with Crippen LogP contribution in [0.3, 0.4) is 0 Å². The molecule has 0 radical (unpaired) electrons. The first-order chi connectivity index (χ1) is 13.6. The summed E-state index contributed by atoms with van der Waals surface area (Å²) in [6.45, 7) is 0. The van der Waals surface area contributed by atoms with Crippen molar-refractivity contribution in [2.24, 2.45) is 0 Å². The van der Waals surface area contributed by atoms with Crippen molar-refractivity contribution in [3.63, 3.8) is 0 Å². The van der Waals surface area contributed by atoms with Gasteiger partial charge in [0.05, 0.1) is 21.4 Å². The van der Waals surface area contributed by atoms with Crippen LogP contribution in [0.25, 0.3) is 12.2 Å². The molecule has 10 heteroatoms. The monoisotopic (exact) mass is 414 g/mol. The number of benzene rings is 2. The van der Waals surface area contributed by atoms with E-state index in [0.717, 1.165) is 0 Å². The van der Waals surface area contributed by atoms with Crippen LogP contribution in [-0.4, -0.2) is 35.6 Å².